The lowest BCUT2D eigenvalue weighted by Crippen LogP contribution is -2.04. The zero-order chi connectivity index (χ0) is 15.4. The number of methoxy groups -OCH3 is 1. The third-order valence-corrected chi connectivity index (χ3v) is 4.74. The Hall–Kier alpha value is -1.33. The molecule has 0 heterocycles. The lowest BCUT2D eigenvalue weighted by atomic mass is 10.1. The number of anilines is 1. The van der Waals surface area contributed by atoms with Crippen LogP contribution in [0.2, 0.25) is 0 Å². The Morgan fingerprint density at radius 1 is 1.14 bits per heavy atom. The van der Waals surface area contributed by atoms with Crippen LogP contribution in [0.3, 0.4) is 0 Å². The Balaban J connectivity index is 2.09. The van der Waals surface area contributed by atoms with Gasteiger partial charge in [0.25, 0.3) is 0 Å². The van der Waals surface area contributed by atoms with Gasteiger partial charge in [0.1, 0.15) is 0 Å². The van der Waals surface area contributed by atoms with Crippen molar-refractivity contribution in [3.05, 3.63) is 62.0 Å². The van der Waals surface area contributed by atoms with Crippen molar-refractivity contribution in [1.82, 2.24) is 0 Å². The first kappa shape index (κ1) is 16.0. The molecule has 0 saturated carbocycles. The Labute approximate surface area is 141 Å². The van der Waals surface area contributed by atoms with Gasteiger partial charge in [-0.15, -0.1) is 0 Å². The van der Waals surface area contributed by atoms with E-state index in [9.17, 15) is 4.79 Å². The second-order valence-corrected chi connectivity index (χ2v) is 6.32. The summed E-state index contributed by atoms with van der Waals surface area (Å²) in [6.45, 7) is 2.72. The molecule has 0 spiro atoms. The average molecular weight is 413 g/mol. The molecule has 3 nitrogen and oxygen atoms in total. The fourth-order valence-corrected chi connectivity index (χ4v) is 2.65. The highest BCUT2D eigenvalue weighted by atomic mass is 79.9. The van der Waals surface area contributed by atoms with Gasteiger partial charge in [-0.1, -0.05) is 37.9 Å². The number of hydrogen-bond donors (Lipinski definition) is 1. The van der Waals surface area contributed by atoms with Gasteiger partial charge in [-0.2, -0.15) is 0 Å². The molecule has 0 saturated heterocycles. The van der Waals surface area contributed by atoms with Crippen LogP contribution in [0.25, 0.3) is 0 Å². The van der Waals surface area contributed by atoms with E-state index in [4.69, 9.17) is 4.74 Å². The van der Waals surface area contributed by atoms with Crippen LogP contribution in [0, 0.1) is 6.92 Å². The van der Waals surface area contributed by atoms with Crippen molar-refractivity contribution in [2.45, 2.75) is 13.5 Å². The van der Waals surface area contributed by atoms with E-state index in [1.807, 2.05) is 18.2 Å². The summed E-state index contributed by atoms with van der Waals surface area (Å²) >= 11 is 6.98. The van der Waals surface area contributed by atoms with Crippen molar-refractivity contribution < 1.29 is 9.53 Å². The van der Waals surface area contributed by atoms with Crippen molar-refractivity contribution in [3.8, 4) is 0 Å². The van der Waals surface area contributed by atoms with Gasteiger partial charge < -0.3 is 10.1 Å². The van der Waals surface area contributed by atoms with Crippen LogP contribution in [0.5, 0.6) is 0 Å². The van der Waals surface area contributed by atoms with Crippen molar-refractivity contribution in [2.75, 3.05) is 12.4 Å². The molecule has 0 bridgehead atoms. The zero-order valence-electron chi connectivity index (χ0n) is 11.7. The van der Waals surface area contributed by atoms with Crippen LogP contribution in [-0.4, -0.2) is 13.1 Å². The molecule has 2 aromatic carbocycles. The lowest BCUT2D eigenvalue weighted by Gasteiger charge is -2.10. The first-order valence-electron chi connectivity index (χ1n) is 6.38. The summed E-state index contributed by atoms with van der Waals surface area (Å²) in [6.07, 6.45) is 0. The highest BCUT2D eigenvalue weighted by molar-refractivity contribution is 9.10. The molecule has 0 aromatic heterocycles. The fourth-order valence-electron chi connectivity index (χ4n) is 1.89. The van der Waals surface area contributed by atoms with Crippen molar-refractivity contribution in [3.63, 3.8) is 0 Å². The number of nitrogens with one attached hydrogen (secondary N) is 1. The van der Waals surface area contributed by atoms with Crippen LogP contribution >= 0.6 is 31.9 Å². The monoisotopic (exact) mass is 411 g/mol. The van der Waals surface area contributed by atoms with E-state index in [0.717, 1.165) is 20.2 Å². The van der Waals surface area contributed by atoms with Crippen LogP contribution < -0.4 is 5.32 Å². The standard InChI is InChI=1S/C16H15Br2NO2/c1-10-7-13(5-6-14(10)17)19-9-12-4-3-11(8-15(12)18)16(20)21-2/h3-8,19H,9H2,1-2H3. The predicted molar refractivity (Wildman–Crippen MR) is 91.7 cm³/mol. The number of carbonyl (C=O) groups is 1. The van der Waals surface area contributed by atoms with Crippen molar-refractivity contribution >= 4 is 43.5 Å². The fraction of sp³-hybridized carbons (Fsp3) is 0.188. The number of benzene rings is 2. The van der Waals surface area contributed by atoms with E-state index in [2.05, 4.69) is 50.2 Å². The molecule has 0 aliphatic carbocycles. The molecule has 110 valence electrons. The summed E-state index contributed by atoms with van der Waals surface area (Å²) in [5.74, 6) is -0.334. The quantitative estimate of drug-likeness (QED) is 0.724. The molecular formula is C16H15Br2NO2. The summed E-state index contributed by atoms with van der Waals surface area (Å²) in [7, 11) is 1.38. The second-order valence-electron chi connectivity index (χ2n) is 4.62. The molecule has 0 aliphatic heterocycles. The highest BCUT2D eigenvalue weighted by Crippen LogP contribution is 2.23. The number of aryl methyl sites for hydroxylation is 1. The van der Waals surface area contributed by atoms with Crippen LogP contribution in [0.15, 0.2) is 45.3 Å². The Kier molecular flexibility index (Phi) is 5.42. The third-order valence-electron chi connectivity index (χ3n) is 3.12. The molecule has 0 fully saturated rings. The van der Waals surface area contributed by atoms with E-state index in [1.165, 1.54) is 12.7 Å². The summed E-state index contributed by atoms with van der Waals surface area (Å²) in [6, 6.07) is 11.6. The van der Waals surface area contributed by atoms with Crippen LogP contribution in [0.1, 0.15) is 21.5 Å². The molecule has 0 aliphatic rings. The van der Waals surface area contributed by atoms with Gasteiger partial charge in [-0.05, 0) is 48.4 Å². The minimum absolute atomic E-state index is 0.334. The van der Waals surface area contributed by atoms with Gasteiger partial charge in [-0.3, -0.25) is 0 Å². The Morgan fingerprint density at radius 2 is 1.90 bits per heavy atom. The topological polar surface area (TPSA) is 38.3 Å². The molecular weight excluding hydrogens is 398 g/mol. The van der Waals surface area contributed by atoms with E-state index >= 15 is 0 Å². The number of hydrogen-bond acceptors (Lipinski definition) is 3. The summed E-state index contributed by atoms with van der Waals surface area (Å²) in [5.41, 5.74) is 3.84. The molecule has 1 N–H and O–H groups in total. The van der Waals surface area contributed by atoms with E-state index < -0.39 is 0 Å². The third kappa shape index (κ3) is 4.08. The van der Waals surface area contributed by atoms with E-state index in [0.29, 0.717) is 12.1 Å². The van der Waals surface area contributed by atoms with Crippen LogP contribution in [-0.2, 0) is 11.3 Å². The highest BCUT2D eigenvalue weighted by Gasteiger charge is 2.08. The summed E-state index contributed by atoms with van der Waals surface area (Å²) in [5, 5.41) is 3.37. The largest absolute Gasteiger partial charge is 0.465 e. The maximum atomic E-state index is 11.5. The average Bonchev–Trinajstić information content (AvgIpc) is 2.48. The number of halogens is 2. The van der Waals surface area contributed by atoms with Gasteiger partial charge in [-0.25, -0.2) is 4.79 Å². The zero-order valence-corrected chi connectivity index (χ0v) is 14.9. The maximum absolute atomic E-state index is 11.5. The lowest BCUT2D eigenvalue weighted by molar-refractivity contribution is 0.0600. The normalized spacial score (nSPS) is 10.3. The van der Waals surface area contributed by atoms with Gasteiger partial charge in [0.15, 0.2) is 0 Å². The molecule has 5 heteroatoms. The number of ether oxygens (including phenoxy) is 1. The van der Waals surface area contributed by atoms with Crippen molar-refractivity contribution in [2.24, 2.45) is 0 Å². The molecule has 2 aromatic rings. The van der Waals surface area contributed by atoms with Crippen LogP contribution in [0.4, 0.5) is 5.69 Å². The minimum Gasteiger partial charge on any atom is -0.465 e. The van der Waals surface area contributed by atoms with Gasteiger partial charge in [0, 0.05) is 21.2 Å². The molecule has 0 atom stereocenters. The molecule has 0 unspecified atom stereocenters. The van der Waals surface area contributed by atoms with Gasteiger partial charge in [0.05, 0.1) is 12.7 Å². The molecule has 2 rings (SSSR count). The number of rotatable bonds is 4. The summed E-state index contributed by atoms with van der Waals surface area (Å²) in [4.78, 5) is 11.5. The second kappa shape index (κ2) is 7.09. The predicted octanol–water partition coefficient (Wildman–Crippen LogP) is 4.92. The van der Waals surface area contributed by atoms with E-state index in [1.54, 1.807) is 12.1 Å². The first-order chi connectivity index (χ1) is 10.0. The van der Waals surface area contributed by atoms with Gasteiger partial charge in [0.2, 0.25) is 0 Å². The maximum Gasteiger partial charge on any atom is 0.337 e. The van der Waals surface area contributed by atoms with Gasteiger partial charge >= 0.3 is 5.97 Å². The van der Waals surface area contributed by atoms with Crippen molar-refractivity contribution in [1.29, 1.82) is 0 Å². The SMILES string of the molecule is COC(=O)c1ccc(CNc2ccc(Br)c(C)c2)c(Br)c1. The number of carbonyl (C=O) groups excluding carboxylic acids is 1. The minimum atomic E-state index is -0.334. The first-order valence-corrected chi connectivity index (χ1v) is 7.96. The Morgan fingerprint density at radius 3 is 2.52 bits per heavy atom. The molecule has 0 amide bonds. The van der Waals surface area contributed by atoms with E-state index in [-0.39, 0.29) is 5.97 Å². The molecule has 0 radical (unpaired) electrons. The smallest absolute Gasteiger partial charge is 0.337 e. The molecule has 21 heavy (non-hydrogen) atoms. The summed E-state index contributed by atoms with van der Waals surface area (Å²) < 4.78 is 6.68. The number of esters is 1. The Bertz CT molecular complexity index is 671.